The van der Waals surface area contributed by atoms with Crippen LogP contribution in [0, 0.1) is 0 Å². The standard InChI is InChI=1S/C17H25N5OS.HI/c1-4-19-17(20-9-15(23)13-5-7-18-8-6-13)21-10-16-22-14(11-24-16)12(2)3;/h5-8,11-12,15,23H,4,9-10H2,1-3H3,(H2,19,20,21);1H. The lowest BCUT2D eigenvalue weighted by molar-refractivity contribution is 0.180. The number of aliphatic hydroxyl groups is 1. The Morgan fingerprint density at radius 3 is 2.60 bits per heavy atom. The van der Waals surface area contributed by atoms with Crippen LogP contribution in [0.1, 0.15) is 49.1 Å². The number of nitrogens with zero attached hydrogens (tertiary/aromatic N) is 3. The molecule has 0 fully saturated rings. The summed E-state index contributed by atoms with van der Waals surface area (Å²) in [5.41, 5.74) is 1.94. The van der Waals surface area contributed by atoms with Crippen molar-refractivity contribution in [3.63, 3.8) is 0 Å². The van der Waals surface area contributed by atoms with Gasteiger partial charge in [0.2, 0.25) is 0 Å². The van der Waals surface area contributed by atoms with Crippen molar-refractivity contribution in [1.29, 1.82) is 0 Å². The predicted octanol–water partition coefficient (Wildman–Crippen LogP) is 3.07. The van der Waals surface area contributed by atoms with Crippen LogP contribution < -0.4 is 10.6 Å². The zero-order chi connectivity index (χ0) is 17.4. The summed E-state index contributed by atoms with van der Waals surface area (Å²) in [4.78, 5) is 13.1. The van der Waals surface area contributed by atoms with Crippen LogP contribution in [0.3, 0.4) is 0 Å². The van der Waals surface area contributed by atoms with Gasteiger partial charge in [-0.05, 0) is 30.5 Å². The van der Waals surface area contributed by atoms with E-state index >= 15 is 0 Å². The van der Waals surface area contributed by atoms with Crippen molar-refractivity contribution in [3.8, 4) is 0 Å². The van der Waals surface area contributed by atoms with E-state index in [1.807, 2.05) is 6.92 Å². The first-order valence-electron chi connectivity index (χ1n) is 8.14. The third-order valence-corrected chi connectivity index (χ3v) is 4.28. The summed E-state index contributed by atoms with van der Waals surface area (Å²) in [6.45, 7) is 7.94. The van der Waals surface area contributed by atoms with Gasteiger partial charge in [-0.15, -0.1) is 35.3 Å². The molecule has 0 amide bonds. The lowest BCUT2D eigenvalue weighted by Crippen LogP contribution is -2.39. The van der Waals surface area contributed by atoms with E-state index < -0.39 is 6.10 Å². The second-order valence-corrected chi connectivity index (χ2v) is 6.64. The zero-order valence-corrected chi connectivity index (χ0v) is 17.9. The van der Waals surface area contributed by atoms with Gasteiger partial charge < -0.3 is 15.7 Å². The highest BCUT2D eigenvalue weighted by Gasteiger charge is 2.09. The first kappa shape index (κ1) is 21.8. The molecule has 3 N–H and O–H groups in total. The molecule has 2 rings (SSSR count). The highest BCUT2D eigenvalue weighted by Crippen LogP contribution is 2.18. The third-order valence-electron chi connectivity index (χ3n) is 3.43. The van der Waals surface area contributed by atoms with Crippen molar-refractivity contribution in [2.45, 2.75) is 39.3 Å². The van der Waals surface area contributed by atoms with Crippen LogP contribution in [0.5, 0.6) is 0 Å². The lowest BCUT2D eigenvalue weighted by Gasteiger charge is -2.15. The average Bonchev–Trinajstić information content (AvgIpc) is 3.07. The molecule has 0 radical (unpaired) electrons. The molecule has 0 saturated heterocycles. The minimum absolute atomic E-state index is 0. The van der Waals surface area contributed by atoms with Gasteiger partial charge in [-0.2, -0.15) is 0 Å². The van der Waals surface area contributed by atoms with E-state index in [4.69, 9.17) is 0 Å². The first-order chi connectivity index (χ1) is 11.6. The summed E-state index contributed by atoms with van der Waals surface area (Å²) in [6.07, 6.45) is 2.74. The number of thiazole rings is 1. The average molecular weight is 475 g/mol. The molecule has 1 atom stereocenters. The van der Waals surface area contributed by atoms with Gasteiger partial charge in [-0.25, -0.2) is 9.98 Å². The highest BCUT2D eigenvalue weighted by atomic mass is 127. The van der Waals surface area contributed by atoms with Crippen molar-refractivity contribution in [2.75, 3.05) is 13.1 Å². The number of aliphatic imine (C=N–C) groups is 1. The zero-order valence-electron chi connectivity index (χ0n) is 14.8. The van der Waals surface area contributed by atoms with E-state index in [1.165, 1.54) is 0 Å². The smallest absolute Gasteiger partial charge is 0.191 e. The van der Waals surface area contributed by atoms with Gasteiger partial charge in [0.15, 0.2) is 5.96 Å². The Hall–Kier alpha value is -1.26. The number of halogens is 1. The number of nitrogens with one attached hydrogen (secondary N) is 2. The highest BCUT2D eigenvalue weighted by molar-refractivity contribution is 14.0. The number of hydrogen-bond donors (Lipinski definition) is 3. The van der Waals surface area contributed by atoms with Crippen LogP contribution in [0.2, 0.25) is 0 Å². The maximum Gasteiger partial charge on any atom is 0.191 e. The molecule has 0 spiro atoms. The summed E-state index contributed by atoms with van der Waals surface area (Å²) in [7, 11) is 0. The Labute approximate surface area is 170 Å². The van der Waals surface area contributed by atoms with Crippen LogP contribution >= 0.6 is 35.3 Å². The van der Waals surface area contributed by atoms with Gasteiger partial charge in [-0.3, -0.25) is 4.98 Å². The normalized spacial score (nSPS) is 12.6. The molecular weight excluding hydrogens is 449 g/mol. The predicted molar refractivity (Wildman–Crippen MR) is 114 cm³/mol. The van der Waals surface area contributed by atoms with Crippen molar-refractivity contribution < 1.29 is 5.11 Å². The molecule has 1 unspecified atom stereocenters. The summed E-state index contributed by atoms with van der Waals surface area (Å²) >= 11 is 1.63. The number of rotatable bonds is 7. The molecule has 8 heteroatoms. The molecule has 2 aromatic heterocycles. The van der Waals surface area contributed by atoms with E-state index in [0.29, 0.717) is 25.0 Å². The largest absolute Gasteiger partial charge is 0.387 e. The molecule has 0 aliphatic carbocycles. The first-order valence-corrected chi connectivity index (χ1v) is 9.02. The van der Waals surface area contributed by atoms with Crippen LogP contribution in [-0.2, 0) is 6.54 Å². The quantitative estimate of drug-likeness (QED) is 0.326. The molecule has 0 bridgehead atoms. The summed E-state index contributed by atoms with van der Waals surface area (Å²) in [6, 6.07) is 3.61. The molecule has 0 aliphatic heterocycles. The number of aliphatic hydroxyl groups excluding tert-OH is 1. The summed E-state index contributed by atoms with van der Waals surface area (Å²) in [5, 5.41) is 19.6. The molecule has 6 nitrogen and oxygen atoms in total. The second kappa shape index (κ2) is 11.4. The Balaban J connectivity index is 0.00000312. The van der Waals surface area contributed by atoms with Crippen molar-refractivity contribution in [2.24, 2.45) is 4.99 Å². The van der Waals surface area contributed by atoms with E-state index in [0.717, 1.165) is 22.8 Å². The summed E-state index contributed by atoms with van der Waals surface area (Å²) < 4.78 is 0. The Morgan fingerprint density at radius 1 is 1.28 bits per heavy atom. The van der Waals surface area contributed by atoms with Gasteiger partial charge in [0.25, 0.3) is 0 Å². The monoisotopic (exact) mass is 475 g/mol. The van der Waals surface area contributed by atoms with E-state index in [1.54, 1.807) is 35.9 Å². The van der Waals surface area contributed by atoms with Gasteiger partial charge >= 0.3 is 0 Å². The molecule has 138 valence electrons. The topological polar surface area (TPSA) is 82.4 Å². The van der Waals surface area contributed by atoms with Gasteiger partial charge in [-0.1, -0.05) is 13.8 Å². The minimum Gasteiger partial charge on any atom is -0.387 e. The van der Waals surface area contributed by atoms with E-state index in [-0.39, 0.29) is 24.0 Å². The van der Waals surface area contributed by atoms with Crippen LogP contribution in [0.25, 0.3) is 0 Å². The van der Waals surface area contributed by atoms with Crippen LogP contribution in [0.4, 0.5) is 0 Å². The van der Waals surface area contributed by atoms with E-state index in [9.17, 15) is 5.11 Å². The fourth-order valence-electron chi connectivity index (χ4n) is 2.05. The molecule has 2 aromatic rings. The molecular formula is C17H26IN5OS. The number of guanidine groups is 1. The van der Waals surface area contributed by atoms with Crippen molar-refractivity contribution in [3.05, 3.63) is 46.2 Å². The van der Waals surface area contributed by atoms with E-state index in [2.05, 4.69) is 44.8 Å². The van der Waals surface area contributed by atoms with Crippen LogP contribution in [-0.4, -0.2) is 34.1 Å². The van der Waals surface area contributed by atoms with Gasteiger partial charge in [0.1, 0.15) is 5.01 Å². The Kier molecular flexibility index (Phi) is 9.91. The van der Waals surface area contributed by atoms with Gasteiger partial charge in [0.05, 0.1) is 18.3 Å². The maximum absolute atomic E-state index is 10.2. The number of aromatic nitrogens is 2. The Morgan fingerprint density at radius 2 is 2.00 bits per heavy atom. The fourth-order valence-corrected chi connectivity index (χ4v) is 2.93. The van der Waals surface area contributed by atoms with Gasteiger partial charge in [0, 0.05) is 30.9 Å². The third kappa shape index (κ3) is 7.25. The SMILES string of the molecule is CCNC(=NCc1nc(C(C)C)cs1)NCC(O)c1ccncc1.I. The molecule has 25 heavy (non-hydrogen) atoms. The van der Waals surface area contributed by atoms with Crippen LogP contribution in [0.15, 0.2) is 34.9 Å². The maximum atomic E-state index is 10.2. The molecule has 0 aromatic carbocycles. The molecule has 0 saturated carbocycles. The molecule has 0 aliphatic rings. The minimum atomic E-state index is -0.607. The number of pyridine rings is 1. The lowest BCUT2D eigenvalue weighted by atomic mass is 10.1. The molecule has 2 heterocycles. The Bertz CT molecular complexity index is 647. The fraction of sp³-hybridized carbons (Fsp3) is 0.471. The van der Waals surface area contributed by atoms with Crippen molar-refractivity contribution >= 4 is 41.3 Å². The second-order valence-electron chi connectivity index (χ2n) is 5.69. The summed E-state index contributed by atoms with van der Waals surface area (Å²) in [5.74, 6) is 1.10. The number of hydrogen-bond acceptors (Lipinski definition) is 5. The van der Waals surface area contributed by atoms with Crippen molar-refractivity contribution in [1.82, 2.24) is 20.6 Å².